The molecular formula is C12H7ClN2O3. The molecule has 2 aromatic heterocycles. The fraction of sp³-hybridized carbons (Fsp3) is 0. The summed E-state index contributed by atoms with van der Waals surface area (Å²) in [6, 6.07) is 6.88. The summed E-state index contributed by atoms with van der Waals surface area (Å²) in [5.74, 6) is -1.33. The second-order valence-electron chi connectivity index (χ2n) is 3.78. The van der Waals surface area contributed by atoms with Crippen LogP contribution in [0, 0.1) is 0 Å². The maximum absolute atomic E-state index is 10.7. The number of hydrogen-bond donors (Lipinski definition) is 2. The molecule has 2 N–H and O–H groups in total. The molecule has 5 nitrogen and oxygen atoms in total. The molecule has 0 aliphatic carbocycles. The molecule has 0 bridgehead atoms. The van der Waals surface area contributed by atoms with Crippen molar-refractivity contribution in [1.82, 2.24) is 10.1 Å². The summed E-state index contributed by atoms with van der Waals surface area (Å²) in [6.07, 6.45) is 1.70. The quantitative estimate of drug-likeness (QED) is 0.743. The highest BCUT2D eigenvalue weighted by Crippen LogP contribution is 2.27. The van der Waals surface area contributed by atoms with Gasteiger partial charge in [0.15, 0.2) is 0 Å². The minimum atomic E-state index is -1.14. The Morgan fingerprint density at radius 3 is 2.94 bits per heavy atom. The number of nitrogens with zero attached hydrogens (tertiary/aromatic N) is 1. The number of carbonyl (C=O) groups is 1. The highest BCUT2D eigenvalue weighted by atomic mass is 35.5. The van der Waals surface area contributed by atoms with Crippen LogP contribution in [0.25, 0.3) is 22.2 Å². The van der Waals surface area contributed by atoms with Gasteiger partial charge in [0.1, 0.15) is 5.69 Å². The van der Waals surface area contributed by atoms with Gasteiger partial charge in [-0.05, 0) is 6.07 Å². The molecule has 0 aliphatic heterocycles. The molecule has 3 aromatic rings. The molecule has 0 unspecified atom stereocenters. The van der Waals surface area contributed by atoms with Crippen molar-refractivity contribution in [2.45, 2.75) is 0 Å². The molecule has 0 amide bonds. The number of hydrogen-bond acceptors (Lipinski definition) is 3. The van der Waals surface area contributed by atoms with E-state index in [0.717, 1.165) is 16.5 Å². The van der Waals surface area contributed by atoms with Crippen molar-refractivity contribution in [3.63, 3.8) is 0 Å². The van der Waals surface area contributed by atoms with Gasteiger partial charge in [0.05, 0.1) is 5.02 Å². The molecule has 0 atom stereocenters. The number of carboxylic acid groups (broad SMARTS) is 1. The number of carboxylic acids is 1. The topological polar surface area (TPSA) is 79.1 Å². The van der Waals surface area contributed by atoms with Gasteiger partial charge in [-0.25, -0.2) is 4.79 Å². The number of rotatable bonds is 2. The zero-order valence-electron chi connectivity index (χ0n) is 8.98. The second-order valence-corrected chi connectivity index (χ2v) is 4.19. The van der Waals surface area contributed by atoms with E-state index in [4.69, 9.17) is 21.2 Å². The SMILES string of the molecule is O=C(O)c1cc(-c2ccc3c(Cl)c[nH]c3c2)no1. The average molecular weight is 263 g/mol. The lowest BCUT2D eigenvalue weighted by Gasteiger charge is -1.96. The lowest BCUT2D eigenvalue weighted by Crippen LogP contribution is -1.91. The van der Waals surface area contributed by atoms with Crippen LogP contribution in [-0.2, 0) is 0 Å². The fourth-order valence-corrected chi connectivity index (χ4v) is 1.98. The third kappa shape index (κ3) is 1.65. The Morgan fingerprint density at radius 1 is 1.39 bits per heavy atom. The number of fused-ring (bicyclic) bond motifs is 1. The van der Waals surface area contributed by atoms with Crippen LogP contribution in [0.3, 0.4) is 0 Å². The Labute approximate surface area is 106 Å². The van der Waals surface area contributed by atoms with Gasteiger partial charge in [-0.15, -0.1) is 0 Å². The van der Waals surface area contributed by atoms with Crippen LogP contribution >= 0.6 is 11.6 Å². The number of aromatic nitrogens is 2. The summed E-state index contributed by atoms with van der Waals surface area (Å²) in [6.45, 7) is 0. The largest absolute Gasteiger partial charge is 0.475 e. The van der Waals surface area contributed by atoms with Crippen molar-refractivity contribution < 1.29 is 14.4 Å². The molecule has 0 spiro atoms. The van der Waals surface area contributed by atoms with Gasteiger partial charge in [-0.3, -0.25) is 0 Å². The highest BCUT2D eigenvalue weighted by molar-refractivity contribution is 6.35. The molecule has 6 heteroatoms. The number of halogens is 1. The van der Waals surface area contributed by atoms with Crippen molar-refractivity contribution in [1.29, 1.82) is 0 Å². The molecule has 18 heavy (non-hydrogen) atoms. The zero-order chi connectivity index (χ0) is 12.7. The highest BCUT2D eigenvalue weighted by Gasteiger charge is 2.13. The minimum absolute atomic E-state index is 0.186. The van der Waals surface area contributed by atoms with E-state index in [9.17, 15) is 4.79 Å². The van der Waals surface area contributed by atoms with Crippen LogP contribution in [0.1, 0.15) is 10.6 Å². The summed E-state index contributed by atoms with van der Waals surface area (Å²) in [7, 11) is 0. The lowest BCUT2D eigenvalue weighted by molar-refractivity contribution is 0.0652. The Bertz CT molecular complexity index is 745. The molecular weight excluding hydrogens is 256 g/mol. The van der Waals surface area contributed by atoms with Gasteiger partial charge < -0.3 is 14.6 Å². The molecule has 2 heterocycles. The minimum Gasteiger partial charge on any atom is -0.475 e. The zero-order valence-corrected chi connectivity index (χ0v) is 9.73. The predicted molar refractivity (Wildman–Crippen MR) is 65.8 cm³/mol. The summed E-state index contributed by atoms with van der Waals surface area (Å²) in [4.78, 5) is 13.7. The molecule has 0 radical (unpaired) electrons. The van der Waals surface area contributed by atoms with Gasteiger partial charge in [0.2, 0.25) is 5.76 Å². The van der Waals surface area contributed by atoms with E-state index in [0.29, 0.717) is 10.7 Å². The first-order valence-electron chi connectivity index (χ1n) is 5.12. The summed E-state index contributed by atoms with van der Waals surface area (Å²) >= 11 is 5.97. The average Bonchev–Trinajstić information content (AvgIpc) is 2.96. The second kappa shape index (κ2) is 3.89. The van der Waals surface area contributed by atoms with Crippen LogP contribution in [0.4, 0.5) is 0 Å². The Morgan fingerprint density at radius 2 is 2.22 bits per heavy atom. The van der Waals surface area contributed by atoms with Crippen molar-refractivity contribution in [3.05, 3.63) is 41.2 Å². The lowest BCUT2D eigenvalue weighted by atomic mass is 10.1. The third-order valence-electron chi connectivity index (χ3n) is 2.65. The van der Waals surface area contributed by atoms with Crippen molar-refractivity contribution in [2.75, 3.05) is 0 Å². The summed E-state index contributed by atoms with van der Waals surface area (Å²) in [5.41, 5.74) is 2.09. The predicted octanol–water partition coefficient (Wildman–Crippen LogP) is 3.17. The molecule has 0 saturated heterocycles. The molecule has 3 rings (SSSR count). The van der Waals surface area contributed by atoms with Crippen LogP contribution < -0.4 is 0 Å². The van der Waals surface area contributed by atoms with E-state index >= 15 is 0 Å². The first-order chi connectivity index (χ1) is 8.65. The Balaban J connectivity index is 2.10. The normalized spacial score (nSPS) is 10.9. The van der Waals surface area contributed by atoms with Gasteiger partial charge in [0.25, 0.3) is 0 Å². The first-order valence-corrected chi connectivity index (χ1v) is 5.50. The molecule has 0 aliphatic rings. The molecule has 90 valence electrons. The van der Waals surface area contributed by atoms with E-state index in [-0.39, 0.29) is 5.76 Å². The molecule has 0 fully saturated rings. The van der Waals surface area contributed by atoms with Crippen LogP contribution in [0.15, 0.2) is 35.0 Å². The Hall–Kier alpha value is -2.27. The van der Waals surface area contributed by atoms with E-state index in [1.54, 1.807) is 6.20 Å². The van der Waals surface area contributed by atoms with E-state index in [2.05, 4.69) is 10.1 Å². The van der Waals surface area contributed by atoms with Crippen molar-refractivity contribution in [3.8, 4) is 11.3 Å². The van der Waals surface area contributed by atoms with Crippen molar-refractivity contribution >= 4 is 28.5 Å². The van der Waals surface area contributed by atoms with Crippen LogP contribution in [-0.4, -0.2) is 21.2 Å². The monoisotopic (exact) mass is 262 g/mol. The smallest absolute Gasteiger partial charge is 0.374 e. The van der Waals surface area contributed by atoms with E-state index in [1.165, 1.54) is 6.07 Å². The number of aromatic carboxylic acids is 1. The number of benzene rings is 1. The molecule has 0 saturated carbocycles. The summed E-state index contributed by atoms with van der Waals surface area (Å²) < 4.78 is 4.71. The number of H-pyrrole nitrogens is 1. The molecule has 1 aromatic carbocycles. The van der Waals surface area contributed by atoms with Gasteiger partial charge in [0, 0.05) is 28.7 Å². The van der Waals surface area contributed by atoms with E-state index in [1.807, 2.05) is 18.2 Å². The standard InChI is InChI=1S/C12H7ClN2O3/c13-8-5-14-10-3-6(1-2-7(8)10)9-4-11(12(16)17)18-15-9/h1-5,14H,(H,16,17). The number of aromatic amines is 1. The van der Waals surface area contributed by atoms with Crippen LogP contribution in [0.5, 0.6) is 0 Å². The maximum atomic E-state index is 10.7. The van der Waals surface area contributed by atoms with Gasteiger partial charge in [-0.1, -0.05) is 28.9 Å². The maximum Gasteiger partial charge on any atom is 0.374 e. The number of nitrogens with one attached hydrogen (secondary N) is 1. The first kappa shape index (κ1) is 10.9. The summed E-state index contributed by atoms with van der Waals surface area (Å²) in [5, 5.41) is 14.0. The van der Waals surface area contributed by atoms with Gasteiger partial charge in [-0.2, -0.15) is 0 Å². The van der Waals surface area contributed by atoms with Crippen LogP contribution in [0.2, 0.25) is 5.02 Å². The van der Waals surface area contributed by atoms with E-state index < -0.39 is 5.97 Å². The van der Waals surface area contributed by atoms with Gasteiger partial charge >= 0.3 is 5.97 Å². The third-order valence-corrected chi connectivity index (χ3v) is 2.96. The Kier molecular flexibility index (Phi) is 2.34. The van der Waals surface area contributed by atoms with Crippen molar-refractivity contribution in [2.24, 2.45) is 0 Å². The fourth-order valence-electron chi connectivity index (χ4n) is 1.76.